The molecule has 6 nitrogen and oxygen atoms in total. The maximum Gasteiger partial charge on any atom is 0.416 e. The lowest BCUT2D eigenvalue weighted by molar-refractivity contribution is -0.137. The van der Waals surface area contributed by atoms with Crippen molar-refractivity contribution in [3.05, 3.63) is 70.0 Å². The van der Waals surface area contributed by atoms with Gasteiger partial charge in [-0.25, -0.2) is 9.48 Å². The number of benzene rings is 2. The van der Waals surface area contributed by atoms with Crippen LogP contribution < -0.4 is 4.74 Å². The quantitative estimate of drug-likeness (QED) is 0.558. The number of rotatable bonds is 5. The van der Waals surface area contributed by atoms with Gasteiger partial charge in [0.2, 0.25) is 0 Å². The Hall–Kier alpha value is -3.07. The number of alkyl halides is 3. The maximum absolute atomic E-state index is 12.8. The maximum atomic E-state index is 12.8. The lowest BCUT2D eigenvalue weighted by Crippen LogP contribution is -2.09. The lowest BCUT2D eigenvalue weighted by atomic mass is 10.1. The number of halogens is 4. The zero-order chi connectivity index (χ0) is 21.2. The van der Waals surface area contributed by atoms with E-state index in [0.29, 0.717) is 22.2 Å². The molecule has 0 saturated heterocycles. The summed E-state index contributed by atoms with van der Waals surface area (Å²) in [5.41, 5.74) is 0.284. The predicted octanol–water partition coefficient (Wildman–Crippen LogP) is 4.61. The van der Waals surface area contributed by atoms with Crippen molar-refractivity contribution in [1.29, 1.82) is 0 Å². The summed E-state index contributed by atoms with van der Waals surface area (Å²) in [6, 6.07) is 9.48. The van der Waals surface area contributed by atoms with E-state index in [9.17, 15) is 18.0 Å². The fraction of sp³-hybridized carbons (Fsp3) is 0.211. The van der Waals surface area contributed by atoms with Crippen molar-refractivity contribution in [2.24, 2.45) is 0 Å². The van der Waals surface area contributed by atoms with Crippen molar-refractivity contribution in [3.63, 3.8) is 0 Å². The summed E-state index contributed by atoms with van der Waals surface area (Å²) in [4.78, 5) is 12.3. The monoisotopic (exact) mass is 425 g/mol. The number of methoxy groups -OCH3 is 1. The summed E-state index contributed by atoms with van der Waals surface area (Å²) in [5, 5.41) is 8.10. The summed E-state index contributed by atoms with van der Waals surface area (Å²) in [5.74, 6) is -0.320. The van der Waals surface area contributed by atoms with Gasteiger partial charge in [0.05, 0.1) is 29.1 Å². The van der Waals surface area contributed by atoms with E-state index >= 15 is 0 Å². The molecule has 0 atom stereocenters. The molecule has 10 heteroatoms. The molecule has 0 amide bonds. The van der Waals surface area contributed by atoms with Crippen LogP contribution in [-0.4, -0.2) is 28.1 Å². The van der Waals surface area contributed by atoms with Gasteiger partial charge in [0.25, 0.3) is 0 Å². The minimum atomic E-state index is -4.47. The van der Waals surface area contributed by atoms with Crippen molar-refractivity contribution < 1.29 is 27.4 Å². The molecule has 29 heavy (non-hydrogen) atoms. The van der Waals surface area contributed by atoms with E-state index in [1.807, 2.05) is 0 Å². The number of esters is 1. The van der Waals surface area contributed by atoms with Crippen molar-refractivity contribution in [2.45, 2.75) is 19.7 Å². The number of nitrogens with zero attached hydrogens (tertiary/aromatic N) is 3. The Bertz CT molecular complexity index is 1050. The minimum absolute atomic E-state index is 0.0519. The van der Waals surface area contributed by atoms with Crippen LogP contribution in [0.2, 0.25) is 5.02 Å². The van der Waals surface area contributed by atoms with Gasteiger partial charge in [-0.3, -0.25) is 0 Å². The second-order valence-corrected chi connectivity index (χ2v) is 6.44. The van der Waals surface area contributed by atoms with Crippen LogP contribution >= 0.6 is 11.6 Å². The molecule has 0 aliphatic heterocycles. The summed E-state index contributed by atoms with van der Waals surface area (Å²) in [7, 11) is 1.49. The van der Waals surface area contributed by atoms with E-state index in [-0.39, 0.29) is 17.9 Å². The van der Waals surface area contributed by atoms with Gasteiger partial charge in [-0.1, -0.05) is 28.9 Å². The fourth-order valence-corrected chi connectivity index (χ4v) is 2.86. The first-order chi connectivity index (χ1) is 13.7. The van der Waals surface area contributed by atoms with Crippen LogP contribution in [0, 0.1) is 6.92 Å². The van der Waals surface area contributed by atoms with Gasteiger partial charge in [0.1, 0.15) is 12.4 Å². The van der Waals surface area contributed by atoms with E-state index in [2.05, 4.69) is 10.3 Å². The zero-order valence-corrected chi connectivity index (χ0v) is 16.1. The minimum Gasteiger partial charge on any atom is -0.495 e. The van der Waals surface area contributed by atoms with E-state index < -0.39 is 17.7 Å². The molecule has 0 fully saturated rings. The normalized spacial score (nSPS) is 11.4. The highest BCUT2D eigenvalue weighted by Crippen LogP contribution is 2.30. The van der Waals surface area contributed by atoms with Gasteiger partial charge < -0.3 is 9.47 Å². The molecule has 0 aliphatic carbocycles. The molecule has 1 heterocycles. The van der Waals surface area contributed by atoms with Gasteiger partial charge in [-0.2, -0.15) is 13.2 Å². The van der Waals surface area contributed by atoms with Crippen LogP contribution in [0.5, 0.6) is 5.75 Å². The molecule has 0 radical (unpaired) electrons. The first-order valence-corrected chi connectivity index (χ1v) is 8.68. The Labute approximate surface area is 168 Å². The predicted molar refractivity (Wildman–Crippen MR) is 98.2 cm³/mol. The second-order valence-electron chi connectivity index (χ2n) is 6.03. The summed E-state index contributed by atoms with van der Waals surface area (Å²) < 4.78 is 49.9. The Morgan fingerprint density at radius 1 is 1.21 bits per heavy atom. The average molecular weight is 426 g/mol. The third-order valence-electron chi connectivity index (χ3n) is 4.09. The molecule has 0 N–H and O–H groups in total. The second kappa shape index (κ2) is 8.12. The molecule has 0 bridgehead atoms. The Morgan fingerprint density at radius 3 is 2.62 bits per heavy atom. The number of ether oxygens (including phenoxy) is 2. The summed E-state index contributed by atoms with van der Waals surface area (Å²) in [6.45, 7) is 1.28. The van der Waals surface area contributed by atoms with Crippen LogP contribution in [0.3, 0.4) is 0 Å². The average Bonchev–Trinajstić information content (AvgIpc) is 3.07. The van der Waals surface area contributed by atoms with Crippen LogP contribution in [0.25, 0.3) is 5.69 Å². The number of carbonyl (C=O) groups is 1. The highest BCUT2D eigenvalue weighted by Gasteiger charge is 2.30. The van der Waals surface area contributed by atoms with Gasteiger partial charge in [0.15, 0.2) is 5.69 Å². The largest absolute Gasteiger partial charge is 0.495 e. The van der Waals surface area contributed by atoms with E-state index in [0.717, 1.165) is 12.1 Å². The van der Waals surface area contributed by atoms with Crippen LogP contribution in [0.4, 0.5) is 13.2 Å². The van der Waals surface area contributed by atoms with Gasteiger partial charge in [0, 0.05) is 0 Å². The summed E-state index contributed by atoms with van der Waals surface area (Å²) in [6.07, 6.45) is -4.47. The third kappa shape index (κ3) is 4.51. The first kappa shape index (κ1) is 20.7. The van der Waals surface area contributed by atoms with Gasteiger partial charge >= 0.3 is 12.1 Å². The summed E-state index contributed by atoms with van der Waals surface area (Å²) >= 11 is 6.11. The fourth-order valence-electron chi connectivity index (χ4n) is 2.60. The number of aromatic nitrogens is 3. The molecule has 0 saturated carbocycles. The van der Waals surface area contributed by atoms with Crippen LogP contribution in [0.1, 0.15) is 27.3 Å². The molecule has 152 valence electrons. The highest BCUT2D eigenvalue weighted by atomic mass is 35.5. The van der Waals surface area contributed by atoms with E-state index in [4.69, 9.17) is 21.1 Å². The molecule has 1 aromatic heterocycles. The number of carbonyl (C=O) groups excluding carboxylic acids is 1. The van der Waals surface area contributed by atoms with E-state index in [1.54, 1.807) is 25.1 Å². The zero-order valence-electron chi connectivity index (χ0n) is 15.3. The SMILES string of the molecule is COc1ccc(-n2nnc(C(=O)OCc3cccc(C(F)(F)F)c3)c2C)cc1Cl. The van der Waals surface area contributed by atoms with Crippen LogP contribution in [0.15, 0.2) is 42.5 Å². The molecule has 2 aromatic carbocycles. The Morgan fingerprint density at radius 2 is 1.97 bits per heavy atom. The van der Waals surface area contributed by atoms with Crippen LogP contribution in [-0.2, 0) is 17.5 Å². The van der Waals surface area contributed by atoms with Crippen molar-refractivity contribution in [2.75, 3.05) is 7.11 Å². The number of hydrogen-bond donors (Lipinski definition) is 0. The molecular weight excluding hydrogens is 411 g/mol. The standard InChI is InChI=1S/C19H15ClF3N3O3/c1-11-17(24-25-26(11)14-6-7-16(28-2)15(20)9-14)18(27)29-10-12-4-3-5-13(8-12)19(21,22)23/h3-9H,10H2,1-2H3. The molecule has 3 rings (SSSR count). The number of hydrogen-bond acceptors (Lipinski definition) is 5. The molecule has 0 unspecified atom stereocenters. The van der Waals surface area contributed by atoms with Crippen molar-refractivity contribution in [3.8, 4) is 11.4 Å². The molecule has 0 aliphatic rings. The van der Waals surface area contributed by atoms with Crippen molar-refractivity contribution in [1.82, 2.24) is 15.0 Å². The van der Waals surface area contributed by atoms with Gasteiger partial charge in [-0.15, -0.1) is 5.10 Å². The first-order valence-electron chi connectivity index (χ1n) is 8.30. The molecule has 3 aromatic rings. The smallest absolute Gasteiger partial charge is 0.416 e. The third-order valence-corrected chi connectivity index (χ3v) is 4.39. The Kier molecular flexibility index (Phi) is 5.78. The highest BCUT2D eigenvalue weighted by molar-refractivity contribution is 6.32. The molecular formula is C19H15ClF3N3O3. The lowest BCUT2D eigenvalue weighted by Gasteiger charge is -2.09. The topological polar surface area (TPSA) is 66.2 Å². The van der Waals surface area contributed by atoms with Crippen molar-refractivity contribution >= 4 is 17.6 Å². The van der Waals surface area contributed by atoms with Gasteiger partial charge in [-0.05, 0) is 42.8 Å². The molecule has 0 spiro atoms. The Balaban J connectivity index is 1.75. The van der Waals surface area contributed by atoms with E-state index in [1.165, 1.54) is 23.9 Å².